The van der Waals surface area contributed by atoms with E-state index >= 15 is 0 Å². The van der Waals surface area contributed by atoms with Gasteiger partial charge in [0.1, 0.15) is 5.69 Å². The summed E-state index contributed by atoms with van der Waals surface area (Å²) in [5.74, 6) is 0.542. The molecule has 2 aromatic rings. The summed E-state index contributed by atoms with van der Waals surface area (Å²) in [5.41, 5.74) is 1.54. The van der Waals surface area contributed by atoms with Crippen molar-refractivity contribution in [2.24, 2.45) is 0 Å². The first-order valence-corrected chi connectivity index (χ1v) is 3.68. The summed E-state index contributed by atoms with van der Waals surface area (Å²) in [7, 11) is 1.56. The molecule has 5 nitrogen and oxygen atoms in total. The molecule has 0 aliphatic rings. The van der Waals surface area contributed by atoms with Crippen molar-refractivity contribution in [3.8, 4) is 17.1 Å². The van der Waals surface area contributed by atoms with Gasteiger partial charge in [0.05, 0.1) is 13.3 Å². The van der Waals surface area contributed by atoms with Gasteiger partial charge in [-0.3, -0.25) is 0 Å². The molecule has 0 N–H and O–H groups in total. The van der Waals surface area contributed by atoms with E-state index in [1.165, 1.54) is 6.20 Å². The molecule has 13 heavy (non-hydrogen) atoms. The van der Waals surface area contributed by atoms with Crippen LogP contribution in [0.5, 0.6) is 5.88 Å². The summed E-state index contributed by atoms with van der Waals surface area (Å²) in [6, 6.07) is 3.57. The lowest BCUT2D eigenvalue weighted by Crippen LogP contribution is -1.87. The fourth-order valence-electron chi connectivity index (χ4n) is 0.972. The van der Waals surface area contributed by atoms with Gasteiger partial charge in [-0.25, -0.2) is 9.61 Å². The van der Waals surface area contributed by atoms with Gasteiger partial charge in [0, 0.05) is 17.8 Å². The molecular formula is C8H7N3O2. The normalized spacial score (nSPS) is 9.92. The van der Waals surface area contributed by atoms with Crippen LogP contribution in [0.2, 0.25) is 0 Å². The molecule has 0 bridgehead atoms. The van der Waals surface area contributed by atoms with Crippen molar-refractivity contribution in [1.29, 1.82) is 0 Å². The molecule has 2 rings (SSSR count). The number of nitrogens with zero attached hydrogens (tertiary/aromatic N) is 3. The lowest BCUT2D eigenvalue weighted by Gasteiger charge is -1.98. The van der Waals surface area contributed by atoms with E-state index in [0.29, 0.717) is 11.6 Å². The Kier molecular flexibility index (Phi) is 1.91. The van der Waals surface area contributed by atoms with E-state index in [0.717, 1.165) is 5.56 Å². The highest BCUT2D eigenvalue weighted by Gasteiger charge is 2.03. The molecule has 0 saturated carbocycles. The molecule has 0 aliphatic heterocycles. The van der Waals surface area contributed by atoms with Crippen molar-refractivity contribution in [2.75, 3.05) is 7.11 Å². The molecule has 0 radical (unpaired) electrons. The van der Waals surface area contributed by atoms with Crippen LogP contribution in [-0.4, -0.2) is 22.4 Å². The molecule has 5 heteroatoms. The second kappa shape index (κ2) is 3.22. The summed E-state index contributed by atoms with van der Waals surface area (Å²) < 4.78 is 9.44. The number of ether oxygens (including phenoxy) is 1. The number of hydrogen-bond acceptors (Lipinski definition) is 5. The molecule has 0 aliphatic carbocycles. The van der Waals surface area contributed by atoms with Gasteiger partial charge in [-0.1, -0.05) is 5.16 Å². The number of methoxy groups -OCH3 is 1. The highest BCUT2D eigenvalue weighted by Crippen LogP contribution is 2.18. The van der Waals surface area contributed by atoms with Crippen LogP contribution in [0.3, 0.4) is 0 Å². The molecule has 0 saturated heterocycles. The molecular weight excluding hydrogens is 170 g/mol. The Morgan fingerprint density at radius 3 is 3.08 bits per heavy atom. The third-order valence-corrected chi connectivity index (χ3v) is 1.60. The summed E-state index contributed by atoms with van der Waals surface area (Å²) in [6.07, 6.45) is 3.18. The van der Waals surface area contributed by atoms with Crippen molar-refractivity contribution in [3.63, 3.8) is 0 Å². The van der Waals surface area contributed by atoms with E-state index in [9.17, 15) is 0 Å². The quantitative estimate of drug-likeness (QED) is 0.688. The maximum Gasteiger partial charge on any atom is 0.213 e. The van der Waals surface area contributed by atoms with Crippen LogP contribution in [0.25, 0.3) is 11.3 Å². The fourth-order valence-corrected chi connectivity index (χ4v) is 0.972. The van der Waals surface area contributed by atoms with Gasteiger partial charge in [0.25, 0.3) is 0 Å². The van der Waals surface area contributed by atoms with Gasteiger partial charge < -0.3 is 4.74 Å². The average molecular weight is 177 g/mol. The molecule has 0 amide bonds. The van der Waals surface area contributed by atoms with Crippen molar-refractivity contribution in [3.05, 3.63) is 24.5 Å². The summed E-state index contributed by atoms with van der Waals surface area (Å²) in [6.45, 7) is 0. The van der Waals surface area contributed by atoms with Gasteiger partial charge in [-0.05, 0) is 11.2 Å². The second-order valence-corrected chi connectivity index (χ2v) is 2.38. The average Bonchev–Trinajstić information content (AvgIpc) is 2.71. The fraction of sp³-hybridized carbons (Fsp3) is 0.125. The molecule has 0 aromatic carbocycles. The smallest absolute Gasteiger partial charge is 0.213 e. The lowest BCUT2D eigenvalue weighted by atomic mass is 10.2. The second-order valence-electron chi connectivity index (χ2n) is 2.38. The molecule has 66 valence electrons. The maximum absolute atomic E-state index is 4.96. The first-order valence-electron chi connectivity index (χ1n) is 3.68. The first-order chi connectivity index (χ1) is 6.40. The van der Waals surface area contributed by atoms with Gasteiger partial charge in [-0.15, -0.1) is 0 Å². The standard InChI is InChI=1S/C8H7N3O2/c1-12-8-4-6(2-3-9-8)7-5-10-13-11-7/h2-5H,1H3. The van der Waals surface area contributed by atoms with Gasteiger partial charge in [0.15, 0.2) is 0 Å². The zero-order valence-electron chi connectivity index (χ0n) is 6.97. The Hall–Kier alpha value is -1.91. The van der Waals surface area contributed by atoms with Crippen LogP contribution in [-0.2, 0) is 0 Å². The van der Waals surface area contributed by atoms with Crippen LogP contribution in [0.15, 0.2) is 29.2 Å². The van der Waals surface area contributed by atoms with E-state index in [2.05, 4.69) is 19.9 Å². The van der Waals surface area contributed by atoms with Crippen LogP contribution in [0.4, 0.5) is 0 Å². The Bertz CT molecular complexity index is 386. The summed E-state index contributed by atoms with van der Waals surface area (Å²) in [4.78, 5) is 3.97. The number of pyridine rings is 1. The van der Waals surface area contributed by atoms with Gasteiger partial charge in [0.2, 0.25) is 5.88 Å². The van der Waals surface area contributed by atoms with Gasteiger partial charge in [-0.2, -0.15) is 0 Å². The summed E-state index contributed by atoms with van der Waals surface area (Å²) in [5, 5.41) is 7.20. The van der Waals surface area contributed by atoms with Crippen LogP contribution >= 0.6 is 0 Å². The van der Waals surface area contributed by atoms with Crippen LogP contribution < -0.4 is 4.74 Å². The number of aromatic nitrogens is 3. The zero-order chi connectivity index (χ0) is 9.10. The Morgan fingerprint density at radius 2 is 2.38 bits per heavy atom. The molecule has 0 fully saturated rings. The van der Waals surface area contributed by atoms with Crippen molar-refractivity contribution < 1.29 is 9.37 Å². The first kappa shape index (κ1) is 7.72. The molecule has 0 atom stereocenters. The Labute approximate surface area is 74.3 Å². The van der Waals surface area contributed by atoms with Crippen LogP contribution in [0, 0.1) is 0 Å². The predicted octanol–water partition coefficient (Wildman–Crippen LogP) is 1.14. The van der Waals surface area contributed by atoms with Crippen molar-refractivity contribution in [2.45, 2.75) is 0 Å². The van der Waals surface area contributed by atoms with Crippen LogP contribution in [0.1, 0.15) is 0 Å². The molecule has 2 heterocycles. The lowest BCUT2D eigenvalue weighted by molar-refractivity contribution is 0.308. The Morgan fingerprint density at radius 1 is 1.46 bits per heavy atom. The highest BCUT2D eigenvalue weighted by atomic mass is 16.6. The Balaban J connectivity index is 2.41. The zero-order valence-corrected chi connectivity index (χ0v) is 6.97. The van der Waals surface area contributed by atoms with E-state index < -0.39 is 0 Å². The third kappa shape index (κ3) is 1.48. The highest BCUT2D eigenvalue weighted by molar-refractivity contribution is 5.57. The molecule has 2 aromatic heterocycles. The minimum Gasteiger partial charge on any atom is -0.481 e. The molecule has 0 spiro atoms. The topological polar surface area (TPSA) is 61.0 Å². The third-order valence-electron chi connectivity index (χ3n) is 1.60. The maximum atomic E-state index is 4.96. The minimum absolute atomic E-state index is 0.542. The minimum atomic E-state index is 0.542. The summed E-state index contributed by atoms with van der Waals surface area (Å²) >= 11 is 0. The predicted molar refractivity (Wildman–Crippen MR) is 44.1 cm³/mol. The van der Waals surface area contributed by atoms with E-state index in [4.69, 9.17) is 4.74 Å². The molecule has 0 unspecified atom stereocenters. The van der Waals surface area contributed by atoms with Crippen molar-refractivity contribution in [1.82, 2.24) is 15.3 Å². The van der Waals surface area contributed by atoms with E-state index in [1.54, 1.807) is 19.4 Å². The van der Waals surface area contributed by atoms with Gasteiger partial charge >= 0.3 is 0 Å². The largest absolute Gasteiger partial charge is 0.481 e. The monoisotopic (exact) mass is 177 g/mol. The van der Waals surface area contributed by atoms with Crippen molar-refractivity contribution >= 4 is 0 Å². The number of rotatable bonds is 2. The van der Waals surface area contributed by atoms with E-state index in [1.807, 2.05) is 6.07 Å². The van der Waals surface area contributed by atoms with E-state index in [-0.39, 0.29) is 0 Å². The number of hydrogen-bond donors (Lipinski definition) is 0. The SMILES string of the molecule is COc1cc(-c2cnon2)ccn1.